The minimum atomic E-state index is -1.53. The topological polar surface area (TPSA) is 89.1 Å². The second-order valence-electron chi connectivity index (χ2n) is 15.2. The van der Waals surface area contributed by atoms with Crippen molar-refractivity contribution in [1.29, 1.82) is 0 Å². The molecule has 0 spiro atoms. The largest absolute Gasteiger partial charge is 0.512 e. The smallest absolute Gasteiger partial charge is 0.216 e. The molecule has 51 heavy (non-hydrogen) atoms. The first kappa shape index (κ1) is 40.1. The van der Waals surface area contributed by atoms with Crippen LogP contribution < -0.4 is 5.19 Å². The maximum atomic E-state index is 12.2. The van der Waals surface area contributed by atoms with E-state index >= 15 is 0 Å². The molecule has 1 radical (unpaired) electrons. The summed E-state index contributed by atoms with van der Waals surface area (Å²) in [6.07, 6.45) is 8.17. The molecule has 0 amide bonds. The molecule has 0 atom stereocenters. The normalized spacial score (nSPS) is 12.6. The summed E-state index contributed by atoms with van der Waals surface area (Å²) in [5, 5.41) is 17.1. The van der Waals surface area contributed by atoms with Crippen LogP contribution in [0.5, 0.6) is 0 Å². The van der Waals surface area contributed by atoms with Crippen LogP contribution in [0.15, 0.2) is 71.2 Å². The van der Waals surface area contributed by atoms with Crippen molar-refractivity contribution in [3.05, 3.63) is 84.0 Å². The molecule has 6 rings (SSSR count). The van der Waals surface area contributed by atoms with E-state index in [0.717, 1.165) is 64.2 Å². The van der Waals surface area contributed by atoms with Crippen LogP contribution in [0.4, 0.5) is 0 Å². The molecule has 0 aliphatic rings. The molecule has 3 aromatic carbocycles. The summed E-state index contributed by atoms with van der Waals surface area (Å²) in [6, 6.07) is 18.0. The zero-order chi connectivity index (χ0) is 36.6. The number of nitrogens with zero attached hydrogens (tertiary/aromatic N) is 3. The Morgan fingerprint density at radius 2 is 1.57 bits per heavy atom. The number of aliphatic hydroxyl groups is 1. The fourth-order valence-electron chi connectivity index (χ4n) is 7.17. The fraction of sp³-hybridized carbons (Fsp3) is 0.395. The van der Waals surface area contributed by atoms with Crippen molar-refractivity contribution in [2.75, 3.05) is 0 Å². The van der Waals surface area contributed by atoms with Crippen molar-refractivity contribution in [2.45, 2.75) is 101 Å². The van der Waals surface area contributed by atoms with E-state index in [9.17, 15) is 9.90 Å². The van der Waals surface area contributed by atoms with Gasteiger partial charge < -0.3 is 9.52 Å². The average Bonchev–Trinajstić information content (AvgIpc) is 3.49. The Kier molecular flexibility index (Phi) is 12.2. The van der Waals surface area contributed by atoms with Crippen LogP contribution >= 0.6 is 0 Å². The molecule has 0 bridgehead atoms. The summed E-state index contributed by atoms with van der Waals surface area (Å²) in [6.45, 7) is 23.8. The van der Waals surface area contributed by atoms with Crippen molar-refractivity contribution in [3.8, 4) is 11.3 Å². The number of carbonyl (C=O) groups excluding carboxylic acids is 1. The van der Waals surface area contributed by atoms with Crippen LogP contribution in [0.3, 0.4) is 0 Å². The van der Waals surface area contributed by atoms with Gasteiger partial charge in [0, 0.05) is 59.7 Å². The summed E-state index contributed by atoms with van der Waals surface area (Å²) in [5.74, 6) is 0.286. The standard InChI is InChI=1S/C28H24N3OSi.C15H28O2.Ir/c1-16-14-18-11-12-21-24(30-15-31-25(21)23(18)17(2)27(16)33(3,4)5)22-9-6-8-19-20-10-7-13-29-28(20)32-26(19)22;1-7-14(5,8-2)12(16)11-13(17)15(6,9-3)10-4;/h6-8,10-15H,1-5H3;11,16H,7-10H2,1-6H3;/q-1;;/b;12-11-;. The summed E-state index contributed by atoms with van der Waals surface area (Å²) in [7, 11) is -1.53. The zero-order valence-corrected chi connectivity index (χ0v) is 35.4. The first-order valence-electron chi connectivity index (χ1n) is 18.0. The minimum absolute atomic E-state index is 0. The summed E-state index contributed by atoms with van der Waals surface area (Å²) >= 11 is 0. The van der Waals surface area contributed by atoms with E-state index in [0.29, 0.717) is 5.71 Å². The van der Waals surface area contributed by atoms with E-state index in [1.807, 2.05) is 65.8 Å². The van der Waals surface area contributed by atoms with Gasteiger partial charge in [0.15, 0.2) is 5.78 Å². The first-order valence-corrected chi connectivity index (χ1v) is 21.5. The second kappa shape index (κ2) is 15.5. The number of benzene rings is 3. The Balaban J connectivity index is 0.000000279. The van der Waals surface area contributed by atoms with E-state index in [2.05, 4.69) is 62.7 Å². The molecule has 271 valence electrons. The van der Waals surface area contributed by atoms with Crippen LogP contribution in [0.1, 0.15) is 78.4 Å². The number of fused-ring (bicyclic) bond motifs is 6. The van der Waals surface area contributed by atoms with Crippen LogP contribution in [-0.4, -0.2) is 33.9 Å². The van der Waals surface area contributed by atoms with Gasteiger partial charge in [0.05, 0.1) is 19.2 Å². The van der Waals surface area contributed by atoms with Crippen LogP contribution in [0.25, 0.3) is 55.0 Å². The predicted molar refractivity (Wildman–Crippen MR) is 212 cm³/mol. The number of rotatable bonds is 9. The second-order valence-corrected chi connectivity index (χ2v) is 20.2. The molecule has 8 heteroatoms. The number of carbonyl (C=O) groups is 1. The summed E-state index contributed by atoms with van der Waals surface area (Å²) in [4.78, 5) is 26.1. The molecule has 0 saturated carbocycles. The molecule has 1 N–H and O–H groups in total. The summed E-state index contributed by atoms with van der Waals surface area (Å²) in [5.41, 5.74) is 6.16. The number of hydrogen-bond donors (Lipinski definition) is 1. The first-order chi connectivity index (χ1) is 23.6. The van der Waals surface area contributed by atoms with Gasteiger partial charge in [-0.25, -0.2) is 9.97 Å². The Bertz CT molecular complexity index is 2240. The third-order valence-corrected chi connectivity index (χ3v) is 13.4. The maximum Gasteiger partial charge on any atom is 0.216 e. The quantitative estimate of drug-likeness (QED) is 0.0512. The van der Waals surface area contributed by atoms with Gasteiger partial charge in [0.1, 0.15) is 12.1 Å². The molecule has 0 unspecified atom stereocenters. The van der Waals surface area contributed by atoms with Gasteiger partial charge in [0.25, 0.3) is 0 Å². The molecule has 6 nitrogen and oxygen atoms in total. The molecule has 3 aromatic heterocycles. The molecule has 6 aromatic rings. The fourth-order valence-corrected chi connectivity index (χ4v) is 9.68. The Morgan fingerprint density at radius 3 is 2.20 bits per heavy atom. The van der Waals surface area contributed by atoms with E-state index in [1.54, 1.807) is 12.5 Å². The molecule has 0 aliphatic carbocycles. The monoisotopic (exact) mass is 879 g/mol. The molecule has 0 fully saturated rings. The Labute approximate surface area is 317 Å². The van der Waals surface area contributed by atoms with E-state index in [-0.39, 0.29) is 42.5 Å². The number of aryl methyl sites for hydroxylation is 2. The van der Waals surface area contributed by atoms with Gasteiger partial charge in [0.2, 0.25) is 5.71 Å². The van der Waals surface area contributed by atoms with Gasteiger partial charge in [-0.3, -0.25) is 9.78 Å². The van der Waals surface area contributed by atoms with Crippen molar-refractivity contribution in [2.24, 2.45) is 10.8 Å². The van der Waals surface area contributed by atoms with Crippen LogP contribution in [0.2, 0.25) is 19.6 Å². The van der Waals surface area contributed by atoms with Gasteiger partial charge in [-0.2, -0.15) is 0 Å². The van der Waals surface area contributed by atoms with Crippen molar-refractivity contribution in [3.63, 3.8) is 0 Å². The van der Waals surface area contributed by atoms with Crippen LogP contribution in [0, 0.1) is 30.7 Å². The van der Waals surface area contributed by atoms with E-state index in [4.69, 9.17) is 14.4 Å². The molecule has 0 aliphatic heterocycles. The zero-order valence-electron chi connectivity index (χ0n) is 32.0. The summed E-state index contributed by atoms with van der Waals surface area (Å²) < 4.78 is 6.18. The third kappa shape index (κ3) is 7.46. The number of hydrogen-bond acceptors (Lipinski definition) is 6. The number of aromatic nitrogens is 3. The van der Waals surface area contributed by atoms with Gasteiger partial charge in [-0.1, -0.05) is 101 Å². The molecular formula is C43H52IrN3O3Si-. The number of ketones is 1. The number of furan rings is 1. The third-order valence-electron chi connectivity index (χ3n) is 11.2. The minimum Gasteiger partial charge on any atom is -0.512 e. The Morgan fingerprint density at radius 1 is 0.902 bits per heavy atom. The van der Waals surface area contributed by atoms with E-state index in [1.165, 1.54) is 33.2 Å². The Hall–Kier alpha value is -3.71. The van der Waals surface area contributed by atoms with Gasteiger partial charge in [-0.15, -0.1) is 18.2 Å². The molecular weight excluding hydrogens is 827 g/mol. The van der Waals surface area contributed by atoms with Crippen molar-refractivity contribution >= 4 is 62.8 Å². The average molecular weight is 879 g/mol. The predicted octanol–water partition coefficient (Wildman–Crippen LogP) is 11.4. The van der Waals surface area contributed by atoms with Crippen molar-refractivity contribution < 1.29 is 34.4 Å². The van der Waals surface area contributed by atoms with Crippen molar-refractivity contribution in [1.82, 2.24) is 15.0 Å². The molecule has 3 heterocycles. The number of aliphatic hydroxyl groups excluding tert-OH is 1. The number of allylic oxidation sites excluding steroid dienone is 2. The van der Waals surface area contributed by atoms with Gasteiger partial charge in [-0.05, 0) is 68.0 Å². The van der Waals surface area contributed by atoms with Gasteiger partial charge >= 0.3 is 0 Å². The van der Waals surface area contributed by atoms with E-state index < -0.39 is 8.07 Å². The van der Waals surface area contributed by atoms with Crippen LogP contribution in [-0.2, 0) is 24.9 Å². The number of pyridine rings is 1. The SMILES string of the molecule is CCC(C)(CC)C(=O)/C=C(\O)C(C)(CC)CC.Cc1cc2ccc3c(-c4[c-]ccc5c4oc4ncccc45)ncnc3c2c(C)c1[Si](C)(C)C.[Ir]. The molecule has 0 saturated heterocycles. The maximum absolute atomic E-state index is 12.2.